The lowest BCUT2D eigenvalue weighted by Crippen LogP contribution is -2.46. The molecule has 26 heavy (non-hydrogen) atoms. The maximum Gasteiger partial charge on any atom is 0.307 e. The number of rotatable bonds is 3. The van der Waals surface area contributed by atoms with Crippen LogP contribution in [0.1, 0.15) is 69.5 Å². The molecular weight excluding hydrogens is 330 g/mol. The van der Waals surface area contributed by atoms with Crippen molar-refractivity contribution in [3.8, 4) is 0 Å². The predicted molar refractivity (Wildman–Crippen MR) is 94.8 cm³/mol. The molecular formula is C20H27N3O3. The molecule has 1 aliphatic carbocycles. The van der Waals surface area contributed by atoms with Crippen LogP contribution in [0.15, 0.2) is 6.20 Å². The van der Waals surface area contributed by atoms with E-state index in [1.807, 2.05) is 11.1 Å². The van der Waals surface area contributed by atoms with Crippen LogP contribution in [0.25, 0.3) is 0 Å². The van der Waals surface area contributed by atoms with Crippen LogP contribution < -0.4 is 0 Å². The van der Waals surface area contributed by atoms with Gasteiger partial charge in [0.1, 0.15) is 11.4 Å². The van der Waals surface area contributed by atoms with Gasteiger partial charge in [-0.2, -0.15) is 0 Å². The van der Waals surface area contributed by atoms with Gasteiger partial charge < -0.3 is 9.64 Å². The fourth-order valence-corrected chi connectivity index (χ4v) is 4.64. The Morgan fingerprint density at radius 2 is 2.08 bits per heavy atom. The van der Waals surface area contributed by atoms with Crippen molar-refractivity contribution in [3.63, 3.8) is 0 Å². The van der Waals surface area contributed by atoms with E-state index >= 15 is 0 Å². The molecule has 1 saturated carbocycles. The summed E-state index contributed by atoms with van der Waals surface area (Å²) in [4.78, 5) is 36.2. The number of aromatic nitrogens is 2. The van der Waals surface area contributed by atoms with Gasteiger partial charge >= 0.3 is 5.97 Å². The van der Waals surface area contributed by atoms with Crippen LogP contribution in [-0.4, -0.2) is 32.3 Å². The van der Waals surface area contributed by atoms with Crippen molar-refractivity contribution in [1.82, 2.24) is 14.9 Å². The fraction of sp³-hybridized carbons (Fsp3) is 0.700. The molecule has 2 aliphatic heterocycles. The van der Waals surface area contributed by atoms with Crippen molar-refractivity contribution < 1.29 is 14.3 Å². The molecule has 1 spiro atoms. The van der Waals surface area contributed by atoms with E-state index in [-0.39, 0.29) is 24.2 Å². The summed E-state index contributed by atoms with van der Waals surface area (Å²) in [5.41, 5.74) is 1.41. The van der Waals surface area contributed by atoms with Gasteiger partial charge in [0, 0.05) is 24.7 Å². The smallest absolute Gasteiger partial charge is 0.307 e. The lowest BCUT2D eigenvalue weighted by molar-refractivity contribution is -0.156. The zero-order valence-corrected chi connectivity index (χ0v) is 15.7. The lowest BCUT2D eigenvalue weighted by Gasteiger charge is -2.37. The van der Waals surface area contributed by atoms with Gasteiger partial charge in [0.05, 0.1) is 24.6 Å². The number of hydrogen-bond donors (Lipinski definition) is 0. The van der Waals surface area contributed by atoms with Crippen LogP contribution in [0, 0.1) is 11.8 Å². The first-order valence-electron chi connectivity index (χ1n) is 9.81. The van der Waals surface area contributed by atoms with Crippen LogP contribution in [0.5, 0.6) is 0 Å². The monoisotopic (exact) mass is 357 g/mol. The van der Waals surface area contributed by atoms with E-state index in [1.165, 1.54) is 0 Å². The molecule has 140 valence electrons. The lowest BCUT2D eigenvalue weighted by atomic mass is 9.75. The number of carbonyl (C=O) groups excluding carboxylic acids is 2. The summed E-state index contributed by atoms with van der Waals surface area (Å²) >= 11 is 0. The third-order valence-electron chi connectivity index (χ3n) is 5.93. The highest BCUT2D eigenvalue weighted by molar-refractivity contribution is 5.88. The van der Waals surface area contributed by atoms with Crippen molar-refractivity contribution >= 4 is 11.9 Å². The minimum absolute atomic E-state index is 0.0427. The first-order chi connectivity index (χ1) is 12.5. The van der Waals surface area contributed by atoms with Gasteiger partial charge in [-0.3, -0.25) is 9.59 Å². The van der Waals surface area contributed by atoms with Crippen molar-refractivity contribution in [3.05, 3.63) is 23.3 Å². The van der Waals surface area contributed by atoms with Gasteiger partial charge in [0.2, 0.25) is 5.91 Å². The maximum absolute atomic E-state index is 13.2. The van der Waals surface area contributed by atoms with Gasteiger partial charge in [-0.25, -0.2) is 9.97 Å². The Morgan fingerprint density at radius 1 is 1.31 bits per heavy atom. The highest BCUT2D eigenvalue weighted by Crippen LogP contribution is 2.45. The van der Waals surface area contributed by atoms with Crippen LogP contribution in [-0.2, 0) is 33.8 Å². The summed E-state index contributed by atoms with van der Waals surface area (Å²) in [5, 5.41) is 0. The molecule has 0 bridgehead atoms. The normalized spacial score (nSPS) is 24.2. The average molecular weight is 357 g/mol. The Hall–Kier alpha value is -1.98. The molecule has 0 radical (unpaired) electrons. The summed E-state index contributed by atoms with van der Waals surface area (Å²) in [6, 6.07) is 0. The summed E-state index contributed by atoms with van der Waals surface area (Å²) in [5.74, 6) is 0.825. The Morgan fingerprint density at radius 3 is 2.81 bits per heavy atom. The zero-order chi connectivity index (χ0) is 18.3. The third kappa shape index (κ3) is 3.10. The summed E-state index contributed by atoms with van der Waals surface area (Å²) < 4.78 is 5.71. The number of esters is 1. The van der Waals surface area contributed by atoms with Crippen LogP contribution >= 0.6 is 0 Å². The highest BCUT2D eigenvalue weighted by atomic mass is 16.6. The Kier molecular flexibility index (Phi) is 4.45. The second-order valence-electron chi connectivity index (χ2n) is 8.41. The number of fused-ring (bicyclic) bond motifs is 1. The molecule has 3 heterocycles. The number of amides is 1. The predicted octanol–water partition coefficient (Wildman–Crippen LogP) is 2.78. The van der Waals surface area contributed by atoms with E-state index in [0.29, 0.717) is 19.0 Å². The molecule has 1 amide bonds. The van der Waals surface area contributed by atoms with Crippen molar-refractivity contribution in [2.45, 2.75) is 77.5 Å². The summed E-state index contributed by atoms with van der Waals surface area (Å²) in [7, 11) is 0. The number of nitrogens with zero attached hydrogens (tertiary/aromatic N) is 3. The quantitative estimate of drug-likeness (QED) is 0.778. The van der Waals surface area contributed by atoms with Crippen LogP contribution in [0.3, 0.4) is 0 Å². The standard InChI is InChI=1S/C20H27N3O3/c1-13(2)8-17-21-10-14-11-23(12-16(14)22-17)19(25)15-9-18(24)26-20(15)6-4-3-5-7-20/h10,13,15H,3-9,11-12H2,1-2H3/t15-/m0/s1. The number of hydrogen-bond acceptors (Lipinski definition) is 5. The van der Waals surface area contributed by atoms with Crippen LogP contribution in [0.2, 0.25) is 0 Å². The van der Waals surface area contributed by atoms with E-state index in [1.54, 1.807) is 0 Å². The van der Waals surface area contributed by atoms with Gasteiger partial charge in [0.15, 0.2) is 0 Å². The molecule has 0 N–H and O–H groups in total. The topological polar surface area (TPSA) is 72.4 Å². The second-order valence-corrected chi connectivity index (χ2v) is 8.41. The first kappa shape index (κ1) is 17.4. The van der Waals surface area contributed by atoms with Gasteiger partial charge in [-0.15, -0.1) is 0 Å². The van der Waals surface area contributed by atoms with E-state index in [4.69, 9.17) is 4.74 Å². The van der Waals surface area contributed by atoms with E-state index in [0.717, 1.165) is 55.6 Å². The third-order valence-corrected chi connectivity index (χ3v) is 5.93. The number of ether oxygens (including phenoxy) is 1. The highest BCUT2D eigenvalue weighted by Gasteiger charge is 2.54. The van der Waals surface area contributed by atoms with Crippen molar-refractivity contribution in [2.75, 3.05) is 0 Å². The molecule has 1 saturated heterocycles. The zero-order valence-electron chi connectivity index (χ0n) is 15.7. The molecule has 4 rings (SSSR count). The minimum Gasteiger partial charge on any atom is -0.458 e. The van der Waals surface area contributed by atoms with Crippen molar-refractivity contribution in [2.24, 2.45) is 11.8 Å². The fourth-order valence-electron chi connectivity index (χ4n) is 4.64. The first-order valence-corrected chi connectivity index (χ1v) is 9.81. The molecule has 1 aromatic heterocycles. The van der Waals surface area contributed by atoms with Crippen molar-refractivity contribution in [1.29, 1.82) is 0 Å². The van der Waals surface area contributed by atoms with E-state index < -0.39 is 5.60 Å². The average Bonchev–Trinajstić information content (AvgIpc) is 3.15. The Labute approximate surface area is 154 Å². The van der Waals surface area contributed by atoms with E-state index in [2.05, 4.69) is 23.8 Å². The van der Waals surface area contributed by atoms with Crippen LogP contribution in [0.4, 0.5) is 0 Å². The van der Waals surface area contributed by atoms with E-state index in [9.17, 15) is 9.59 Å². The molecule has 6 heteroatoms. The molecule has 1 aromatic rings. The molecule has 2 fully saturated rings. The minimum atomic E-state index is -0.560. The van der Waals surface area contributed by atoms with Gasteiger partial charge in [-0.05, 0) is 31.6 Å². The Bertz CT molecular complexity index is 725. The second kappa shape index (κ2) is 6.63. The maximum atomic E-state index is 13.2. The SMILES string of the molecule is CC(C)Cc1ncc2c(n1)CN(C(=O)[C@@H]1CC(=O)OC13CCCCC3)C2. The Balaban J connectivity index is 1.51. The number of carbonyl (C=O) groups is 2. The molecule has 0 aromatic carbocycles. The molecule has 3 aliphatic rings. The molecule has 0 unspecified atom stereocenters. The summed E-state index contributed by atoms with van der Waals surface area (Å²) in [6.07, 6.45) is 7.76. The molecule has 1 atom stereocenters. The van der Waals surface area contributed by atoms with Gasteiger partial charge in [-0.1, -0.05) is 20.3 Å². The largest absolute Gasteiger partial charge is 0.458 e. The molecule has 6 nitrogen and oxygen atoms in total. The van der Waals surface area contributed by atoms with Gasteiger partial charge in [0.25, 0.3) is 0 Å². The summed E-state index contributed by atoms with van der Waals surface area (Å²) in [6.45, 7) is 5.35.